The van der Waals surface area contributed by atoms with E-state index in [1.165, 1.54) is 0 Å². The molecule has 1 N–H and O–H groups in total. The van der Waals surface area contributed by atoms with E-state index in [1.54, 1.807) is 30.2 Å². The molecule has 0 spiro atoms. The predicted molar refractivity (Wildman–Crippen MR) is 147 cm³/mol. The number of morpholine rings is 1. The number of methoxy groups -OCH3 is 1. The molecule has 202 valence electrons. The molecule has 8 nitrogen and oxygen atoms in total. The summed E-state index contributed by atoms with van der Waals surface area (Å²) < 4.78 is 16.8. The lowest BCUT2D eigenvalue weighted by Crippen LogP contribution is -2.42. The molecule has 0 unspecified atom stereocenters. The second-order valence-electron chi connectivity index (χ2n) is 9.61. The minimum absolute atomic E-state index is 0.0621. The molecule has 2 saturated heterocycles. The maximum Gasteiger partial charge on any atom is 0.295 e. The molecule has 0 saturated carbocycles. The van der Waals surface area contributed by atoms with Gasteiger partial charge in [0.15, 0.2) is 0 Å². The highest BCUT2D eigenvalue weighted by Crippen LogP contribution is 2.41. The lowest BCUT2D eigenvalue weighted by atomic mass is 9.93. The fourth-order valence-electron chi connectivity index (χ4n) is 5.08. The Morgan fingerprint density at radius 2 is 1.67 bits per heavy atom. The van der Waals surface area contributed by atoms with Gasteiger partial charge in [-0.1, -0.05) is 30.3 Å². The third-order valence-electron chi connectivity index (χ3n) is 7.14. The Balaban J connectivity index is 1.55. The van der Waals surface area contributed by atoms with E-state index in [2.05, 4.69) is 4.90 Å². The van der Waals surface area contributed by atoms with Crippen LogP contribution in [0.15, 0.2) is 78.4 Å². The van der Waals surface area contributed by atoms with E-state index >= 15 is 0 Å². The van der Waals surface area contributed by atoms with Crippen LogP contribution in [-0.4, -0.2) is 73.1 Å². The Kier molecular flexibility index (Phi) is 7.95. The van der Waals surface area contributed by atoms with Gasteiger partial charge in [-0.25, -0.2) is 0 Å². The van der Waals surface area contributed by atoms with Crippen LogP contribution in [0.1, 0.15) is 22.7 Å². The summed E-state index contributed by atoms with van der Waals surface area (Å²) in [4.78, 5) is 30.7. The van der Waals surface area contributed by atoms with E-state index in [9.17, 15) is 14.7 Å². The molecule has 0 radical (unpaired) electrons. The van der Waals surface area contributed by atoms with Crippen LogP contribution in [0.2, 0.25) is 0 Å². The van der Waals surface area contributed by atoms with Crippen LogP contribution in [-0.2, 0) is 14.3 Å². The fraction of sp³-hybridized carbons (Fsp3) is 0.290. The van der Waals surface area contributed by atoms with Crippen molar-refractivity contribution in [3.05, 3.63) is 95.1 Å². The molecule has 3 aromatic carbocycles. The Bertz CT molecular complexity index is 1380. The zero-order valence-electron chi connectivity index (χ0n) is 22.1. The van der Waals surface area contributed by atoms with Gasteiger partial charge in [0.1, 0.15) is 23.0 Å². The van der Waals surface area contributed by atoms with Gasteiger partial charge in [-0.2, -0.15) is 0 Å². The van der Waals surface area contributed by atoms with Crippen LogP contribution in [0.5, 0.6) is 17.2 Å². The average molecular weight is 529 g/mol. The number of hydrogen-bond acceptors (Lipinski definition) is 7. The molecule has 8 heteroatoms. The van der Waals surface area contributed by atoms with Crippen molar-refractivity contribution in [1.82, 2.24) is 9.80 Å². The first-order valence-corrected chi connectivity index (χ1v) is 13.0. The van der Waals surface area contributed by atoms with Crippen molar-refractivity contribution in [1.29, 1.82) is 0 Å². The van der Waals surface area contributed by atoms with Crippen molar-refractivity contribution >= 4 is 17.4 Å². The standard InChI is InChI=1S/C31H32N2O6/c1-21-19-24(37-2)11-12-26(21)29(34)27-28(22-7-6-10-25(20-22)39-23-8-4-3-5-9-23)33(31(36)30(27)35)14-13-32-15-17-38-18-16-32/h3-12,19-20,28,34H,13-18H2,1-2H3/b29-27+/t28-/m1/s1. The first-order valence-electron chi connectivity index (χ1n) is 13.0. The van der Waals surface area contributed by atoms with Crippen molar-refractivity contribution < 1.29 is 28.9 Å². The monoisotopic (exact) mass is 528 g/mol. The number of carbonyl (C=O) groups excluding carboxylic acids is 2. The number of nitrogens with zero attached hydrogens (tertiary/aromatic N) is 2. The van der Waals surface area contributed by atoms with Gasteiger partial charge in [0, 0.05) is 31.7 Å². The molecule has 1 atom stereocenters. The zero-order valence-corrected chi connectivity index (χ0v) is 22.1. The first kappa shape index (κ1) is 26.5. The number of amides is 1. The summed E-state index contributed by atoms with van der Waals surface area (Å²) in [5.41, 5.74) is 1.94. The molecule has 1 amide bonds. The highest BCUT2D eigenvalue weighted by atomic mass is 16.5. The van der Waals surface area contributed by atoms with Gasteiger partial charge in [0.2, 0.25) is 0 Å². The molecule has 2 fully saturated rings. The molecule has 5 rings (SSSR count). The van der Waals surface area contributed by atoms with E-state index in [4.69, 9.17) is 14.2 Å². The summed E-state index contributed by atoms with van der Waals surface area (Å²) in [5, 5.41) is 11.5. The van der Waals surface area contributed by atoms with E-state index in [0.29, 0.717) is 54.7 Å². The first-order chi connectivity index (χ1) is 19.0. The average Bonchev–Trinajstić information content (AvgIpc) is 3.22. The van der Waals surface area contributed by atoms with Crippen molar-refractivity contribution in [2.75, 3.05) is 46.5 Å². The van der Waals surface area contributed by atoms with Gasteiger partial charge in [0.05, 0.1) is 31.9 Å². The number of hydrogen-bond donors (Lipinski definition) is 1. The van der Waals surface area contributed by atoms with Crippen LogP contribution >= 0.6 is 0 Å². The van der Waals surface area contributed by atoms with Gasteiger partial charge >= 0.3 is 0 Å². The Labute approximate surface area is 228 Å². The maximum absolute atomic E-state index is 13.5. The number of ether oxygens (including phenoxy) is 3. The molecule has 0 bridgehead atoms. The highest BCUT2D eigenvalue weighted by molar-refractivity contribution is 6.46. The number of aryl methyl sites for hydroxylation is 1. The lowest BCUT2D eigenvalue weighted by Gasteiger charge is -2.31. The van der Waals surface area contributed by atoms with E-state index in [0.717, 1.165) is 18.7 Å². The number of likely N-dealkylation sites (tertiary alicyclic amines) is 1. The number of carbonyl (C=O) groups is 2. The van der Waals surface area contributed by atoms with Crippen molar-refractivity contribution in [2.24, 2.45) is 0 Å². The van der Waals surface area contributed by atoms with Crippen LogP contribution in [0.3, 0.4) is 0 Å². The minimum Gasteiger partial charge on any atom is -0.507 e. The topological polar surface area (TPSA) is 88.5 Å². The molecule has 2 heterocycles. The molecule has 39 heavy (non-hydrogen) atoms. The van der Waals surface area contributed by atoms with Crippen LogP contribution in [0.25, 0.3) is 5.76 Å². The van der Waals surface area contributed by atoms with E-state index in [-0.39, 0.29) is 11.3 Å². The Hall–Kier alpha value is -4.14. The summed E-state index contributed by atoms with van der Waals surface area (Å²) in [6, 6.07) is 21.2. The van der Waals surface area contributed by atoms with Gasteiger partial charge in [-0.05, 0) is 60.5 Å². The maximum atomic E-state index is 13.5. The number of ketones is 1. The second kappa shape index (κ2) is 11.7. The number of aliphatic hydroxyl groups is 1. The normalized spacial score (nSPS) is 19.3. The van der Waals surface area contributed by atoms with Gasteiger partial charge in [-0.15, -0.1) is 0 Å². The number of benzene rings is 3. The third-order valence-corrected chi connectivity index (χ3v) is 7.14. The molecule has 0 aromatic heterocycles. The van der Waals surface area contributed by atoms with E-state index < -0.39 is 17.7 Å². The van der Waals surface area contributed by atoms with E-state index in [1.807, 2.05) is 61.5 Å². The highest BCUT2D eigenvalue weighted by Gasteiger charge is 2.46. The predicted octanol–water partition coefficient (Wildman–Crippen LogP) is 4.55. The van der Waals surface area contributed by atoms with Crippen molar-refractivity contribution in [2.45, 2.75) is 13.0 Å². The van der Waals surface area contributed by atoms with Gasteiger partial charge < -0.3 is 24.2 Å². The quantitative estimate of drug-likeness (QED) is 0.261. The number of aliphatic hydroxyl groups excluding tert-OH is 1. The summed E-state index contributed by atoms with van der Waals surface area (Å²) in [7, 11) is 1.57. The summed E-state index contributed by atoms with van der Waals surface area (Å²) in [5.74, 6) is 0.335. The smallest absolute Gasteiger partial charge is 0.295 e. The van der Waals surface area contributed by atoms with Crippen LogP contribution in [0, 0.1) is 6.92 Å². The summed E-state index contributed by atoms with van der Waals surface area (Å²) in [6.07, 6.45) is 0. The summed E-state index contributed by atoms with van der Waals surface area (Å²) in [6.45, 7) is 5.55. The third kappa shape index (κ3) is 5.67. The van der Waals surface area contributed by atoms with Gasteiger partial charge in [-0.3, -0.25) is 14.5 Å². The summed E-state index contributed by atoms with van der Waals surface area (Å²) >= 11 is 0. The molecule has 2 aliphatic heterocycles. The molecular formula is C31H32N2O6. The largest absolute Gasteiger partial charge is 0.507 e. The van der Waals surface area contributed by atoms with Crippen molar-refractivity contribution in [3.63, 3.8) is 0 Å². The SMILES string of the molecule is COc1ccc(/C(O)=C2\C(=O)C(=O)N(CCN3CCOCC3)[C@@H]2c2cccc(Oc3ccccc3)c2)c(C)c1. The van der Waals surface area contributed by atoms with Crippen LogP contribution in [0.4, 0.5) is 0 Å². The minimum atomic E-state index is -0.771. The second-order valence-corrected chi connectivity index (χ2v) is 9.61. The molecule has 3 aromatic rings. The molecular weight excluding hydrogens is 496 g/mol. The molecule has 0 aliphatic carbocycles. The zero-order chi connectivity index (χ0) is 27.4. The van der Waals surface area contributed by atoms with Gasteiger partial charge in [0.25, 0.3) is 11.7 Å². The number of Topliss-reactive ketones (excluding diaryl/α,β-unsaturated/α-hetero) is 1. The van der Waals surface area contributed by atoms with Crippen molar-refractivity contribution in [3.8, 4) is 17.2 Å². The Morgan fingerprint density at radius 1 is 0.923 bits per heavy atom. The number of para-hydroxylation sites is 1. The number of rotatable bonds is 8. The van der Waals surface area contributed by atoms with Crippen LogP contribution < -0.4 is 9.47 Å². The molecule has 2 aliphatic rings. The Morgan fingerprint density at radius 3 is 2.38 bits per heavy atom. The fourth-order valence-corrected chi connectivity index (χ4v) is 5.08. The lowest BCUT2D eigenvalue weighted by molar-refractivity contribution is -0.140.